The highest BCUT2D eigenvalue weighted by molar-refractivity contribution is 7.44. The fraction of sp³-hybridized carbons (Fsp3) is 0.772. The lowest BCUT2D eigenvalue weighted by Crippen LogP contribution is -2.66. The van der Waals surface area contributed by atoms with Gasteiger partial charge in [0.15, 0.2) is 55.5 Å². The maximum atomic E-state index is 14.5. The van der Waals surface area contributed by atoms with Gasteiger partial charge in [-0.15, -0.1) is 0 Å². The molecule has 7 amide bonds. The molecule has 0 bridgehead atoms. The lowest BCUT2D eigenvalue weighted by Gasteiger charge is -2.44. The van der Waals surface area contributed by atoms with E-state index in [0.29, 0.717) is 11.0 Å². The zero-order chi connectivity index (χ0) is 111. The number of amides is 7. The highest BCUT2D eigenvalue weighted by atomic mass is 31.2. The predicted octanol–water partition coefficient (Wildman–Crippen LogP) is -2.53. The van der Waals surface area contributed by atoms with Gasteiger partial charge in [0.05, 0.1) is 144 Å². The molecule has 3 saturated heterocycles. The third-order valence-corrected chi connectivity index (χ3v) is 23.4. The van der Waals surface area contributed by atoms with Gasteiger partial charge < -0.3 is 150 Å². The Kier molecular flexibility index (Phi) is 61.7. The van der Waals surface area contributed by atoms with Gasteiger partial charge in [-0.05, 0) is 47.0 Å². The Morgan fingerprint density at radius 3 is 0.993 bits per heavy atom. The Morgan fingerprint density at radius 2 is 0.678 bits per heavy atom. The van der Waals surface area contributed by atoms with Gasteiger partial charge in [0.1, 0.15) is 62.9 Å². The molecule has 56 nitrogen and oxygen atoms in total. The molecule has 0 spiro atoms. The van der Waals surface area contributed by atoms with Crippen molar-refractivity contribution in [2.45, 2.75) is 305 Å². The number of carbonyl (C=O) groups excluding carboxylic acids is 17. The summed E-state index contributed by atoms with van der Waals surface area (Å²) >= 11 is 0. The van der Waals surface area contributed by atoms with Crippen molar-refractivity contribution in [3.8, 4) is 6.07 Å². The van der Waals surface area contributed by atoms with Crippen molar-refractivity contribution in [1.29, 1.82) is 5.26 Å². The number of nitrogens with zero attached hydrogens (tertiary/aromatic N) is 5. The van der Waals surface area contributed by atoms with E-state index in [4.69, 9.17) is 113 Å². The van der Waals surface area contributed by atoms with Crippen LogP contribution in [0.25, 0.3) is 0 Å². The minimum absolute atomic E-state index is 0.0352. The predicted molar refractivity (Wildman–Crippen MR) is 509 cm³/mol. The Hall–Kier alpha value is -11.3. The fourth-order valence-electron chi connectivity index (χ4n) is 15.3. The monoisotopic (exact) mass is 2150 g/mol. The van der Waals surface area contributed by atoms with Crippen LogP contribution < -0.4 is 54.3 Å². The largest absolute Gasteiger partial charge is 0.464 e. The summed E-state index contributed by atoms with van der Waals surface area (Å²) in [4.78, 5) is 259. The lowest BCUT2D eigenvalue weighted by molar-refractivity contribution is -0.279. The first kappa shape index (κ1) is 130. The minimum Gasteiger partial charge on any atom is -0.464 e. The van der Waals surface area contributed by atoms with Crippen LogP contribution in [0.3, 0.4) is 0 Å². The molecule has 0 saturated carbocycles. The summed E-state index contributed by atoms with van der Waals surface area (Å²) in [5, 5.41) is 28.0. The van der Waals surface area contributed by atoms with Crippen LogP contribution >= 0.6 is 8.53 Å². The summed E-state index contributed by atoms with van der Waals surface area (Å²) in [6.45, 7) is 17.5. The Morgan fingerprint density at radius 1 is 0.369 bits per heavy atom. The number of hydrogen-bond acceptors (Lipinski definition) is 46. The molecular weight excluding hydrogens is 2010 g/mol. The zero-order valence-electron chi connectivity index (χ0n) is 87.4. The summed E-state index contributed by atoms with van der Waals surface area (Å²) < 4.78 is 140. The van der Waals surface area contributed by atoms with Crippen molar-refractivity contribution in [3.05, 3.63) is 31.5 Å². The van der Waals surface area contributed by atoms with Crippen molar-refractivity contribution in [2.24, 2.45) is 0 Å². The zero-order valence-corrected chi connectivity index (χ0v) is 88.3. The number of nitrogens with one attached hydrogen (secondary N) is 7. The molecule has 149 heavy (non-hydrogen) atoms. The molecule has 16 unspecified atom stereocenters. The molecule has 1 aromatic heterocycles. The second-order valence-electron chi connectivity index (χ2n) is 34.4. The number of rotatable bonds is 72. The van der Waals surface area contributed by atoms with Crippen molar-refractivity contribution < 1.29 is 195 Å². The van der Waals surface area contributed by atoms with Gasteiger partial charge in [-0.3, -0.25) is 81.5 Å². The van der Waals surface area contributed by atoms with E-state index >= 15 is 0 Å². The van der Waals surface area contributed by atoms with E-state index in [9.17, 15) is 101 Å². The van der Waals surface area contributed by atoms with Gasteiger partial charge in [-0.1, -0.05) is 6.92 Å². The number of carbonyl (C=O) groups is 17. The Labute approximate surface area is 862 Å². The second-order valence-corrected chi connectivity index (χ2v) is 35.9. The Bertz CT molecular complexity index is 4550. The molecular formula is C92H147N12O44P. The molecule has 16 atom stereocenters. The van der Waals surface area contributed by atoms with E-state index in [2.05, 4.69) is 37.2 Å². The van der Waals surface area contributed by atoms with Crippen molar-refractivity contribution >= 4 is 110 Å². The smallest absolute Gasteiger partial charge is 0.336 e. The van der Waals surface area contributed by atoms with Crippen LogP contribution in [-0.2, 0) is 214 Å². The lowest BCUT2D eigenvalue weighted by atomic mass is 9.83. The molecule has 3 aliphatic rings. The average molecular weight is 2160 g/mol. The van der Waals surface area contributed by atoms with Crippen molar-refractivity contribution in [3.63, 3.8) is 0 Å². The summed E-state index contributed by atoms with van der Waals surface area (Å²) in [5.41, 5.74) is -4.79. The van der Waals surface area contributed by atoms with Crippen molar-refractivity contribution in [2.75, 3.05) is 158 Å². The SMILES string of the molecule is CCCn1c(=O)n(CCOC(=O)CCC(=O)NC(CCC(=O)NCCOCCOCCOC2OC(COC(C)=O)C(OC(C)=O)C(OC(C)=O)C2NC(C)=O)(CCC(=O)NCCOCCOCCOC2OC(COC(C)=O)C(OC(C)=O)C(OC(C)=O)C2NC(C)=O)CC(=O)NCCOCCOCCOC2OC(COC(C)=O)C(OC(C)=O)C(OC(C)=O)C2NC(C)=O)c(=O)n(CCOP(OCCC#N)N(C(C)C)C(C)C)c1=O. The van der Waals surface area contributed by atoms with Gasteiger partial charge in [0.2, 0.25) is 41.4 Å². The molecule has 7 N–H and O–H groups in total. The van der Waals surface area contributed by atoms with Crippen molar-refractivity contribution in [1.82, 2.24) is 55.6 Å². The molecule has 57 heteroatoms. The highest BCUT2D eigenvalue weighted by Gasteiger charge is 2.55. The van der Waals surface area contributed by atoms with Crippen LogP contribution in [0.5, 0.6) is 0 Å². The average Bonchev–Trinajstić information content (AvgIpc) is 0.792. The summed E-state index contributed by atoms with van der Waals surface area (Å²) in [6.07, 6.45) is -19.2. The fourth-order valence-corrected chi connectivity index (χ4v) is 16.9. The van der Waals surface area contributed by atoms with Crippen LogP contribution in [0.15, 0.2) is 14.4 Å². The number of ether oxygens (including phenoxy) is 22. The van der Waals surface area contributed by atoms with Crippen LogP contribution in [-0.4, -0.2) is 387 Å². The van der Waals surface area contributed by atoms with Gasteiger partial charge in [-0.2, -0.15) is 5.26 Å². The maximum Gasteiger partial charge on any atom is 0.336 e. The van der Waals surface area contributed by atoms with E-state index in [-0.39, 0.29) is 176 Å². The van der Waals surface area contributed by atoms with Crippen LogP contribution in [0, 0.1) is 11.3 Å². The molecule has 3 aliphatic heterocycles. The third kappa shape index (κ3) is 50.5. The first-order chi connectivity index (χ1) is 70.7. The summed E-state index contributed by atoms with van der Waals surface area (Å²) in [7, 11) is -1.81. The van der Waals surface area contributed by atoms with E-state index in [1.165, 1.54) is 20.8 Å². The molecule has 0 radical (unpaired) electrons. The minimum atomic E-state index is -1.81. The van der Waals surface area contributed by atoms with Gasteiger partial charge in [0, 0.05) is 153 Å². The number of aromatic nitrogens is 3. The number of nitriles is 1. The van der Waals surface area contributed by atoms with E-state index in [1.54, 1.807) is 6.92 Å². The third-order valence-electron chi connectivity index (χ3n) is 21.3. The molecule has 0 aromatic carbocycles. The summed E-state index contributed by atoms with van der Waals surface area (Å²) in [6, 6.07) is -1.91. The van der Waals surface area contributed by atoms with E-state index < -0.39 is 289 Å². The van der Waals surface area contributed by atoms with E-state index in [1.807, 2.05) is 38.4 Å². The first-order valence-electron chi connectivity index (χ1n) is 48.7. The quantitative estimate of drug-likeness (QED) is 0.0153. The van der Waals surface area contributed by atoms with Gasteiger partial charge >= 0.3 is 76.8 Å². The normalized spacial score (nSPS) is 21.0. The van der Waals surface area contributed by atoms with Gasteiger partial charge in [0.25, 0.3) is 8.53 Å². The van der Waals surface area contributed by atoms with Crippen LogP contribution in [0.2, 0.25) is 0 Å². The Balaban J connectivity index is 1.58. The number of hydrogen-bond donors (Lipinski definition) is 7. The number of esters is 10. The molecule has 1 aromatic rings. The molecule has 3 fully saturated rings. The van der Waals surface area contributed by atoms with E-state index in [0.717, 1.165) is 71.4 Å². The topological polar surface area (TPSA) is 689 Å². The molecule has 4 heterocycles. The summed E-state index contributed by atoms with van der Waals surface area (Å²) in [5.74, 6) is -12.7. The standard InChI is InChI=1S/C92H147N12O44P/c1-18-30-101-89(122)102(91(124)103(90(101)123)32-38-139-149(138-33-19-26-93)104(55(2)3)56(4)5)31-37-131-76(121)21-20-74(119)100-92(51-75(120)96-29-36-127-41-44-130-47-50-134-88-79(99-59(8)107)85(145-68(17)116)82(142-65(14)113)71(148-88)54-137-62(11)110,24-22-72(117)94-27-34-125-39-42-128-45-48-132-86-77(97-57(6)105)83(143-66(15)114)80(140-63(12)111)69(146-86)52-135-60(9)108)25-23-73(118)95-28-35-126-40-43-129-46-49-133-87-78(98-58(7)106)84(144-67(16)115)81(141-64(13)112)70(147-87)53-136-61(10)109/h55-56,69-71,77-88H,18-25,27-54H2,1-17H3,(H,94,117)(H,95,118)(H,96,120)(H,97,105)(H,98,106)(H,99,107)(H,100,119). The van der Waals surface area contributed by atoms with Crippen LogP contribution in [0.1, 0.15) is 175 Å². The molecule has 0 aliphatic carbocycles. The van der Waals surface area contributed by atoms with Gasteiger partial charge in [-0.25, -0.2) is 32.8 Å². The molecule has 844 valence electrons. The first-order valence-corrected chi connectivity index (χ1v) is 49.8. The molecule has 4 rings (SSSR count). The van der Waals surface area contributed by atoms with Crippen LogP contribution in [0.4, 0.5) is 0 Å². The second kappa shape index (κ2) is 70.7. The maximum absolute atomic E-state index is 14.5. The highest BCUT2D eigenvalue weighted by Crippen LogP contribution is 2.46.